The van der Waals surface area contributed by atoms with E-state index in [-0.39, 0.29) is 5.91 Å². The molecule has 0 spiro atoms. The van der Waals surface area contributed by atoms with Crippen LogP contribution in [0.25, 0.3) is 0 Å². The van der Waals surface area contributed by atoms with Crippen LogP contribution in [0.2, 0.25) is 5.02 Å². The van der Waals surface area contributed by atoms with Crippen molar-refractivity contribution in [3.63, 3.8) is 0 Å². The Hall–Kier alpha value is -1.33. The largest absolute Gasteiger partial charge is 0.321 e. The normalized spacial score (nSPS) is 10.1. The van der Waals surface area contributed by atoms with Gasteiger partial charge in [-0.05, 0) is 34.1 Å². The van der Waals surface area contributed by atoms with Crippen LogP contribution in [0.1, 0.15) is 10.4 Å². The molecule has 0 aliphatic carbocycles. The van der Waals surface area contributed by atoms with Crippen molar-refractivity contribution >= 4 is 39.1 Å². The highest BCUT2D eigenvalue weighted by Gasteiger charge is 2.09. The van der Waals surface area contributed by atoms with Crippen molar-refractivity contribution < 1.29 is 4.79 Å². The second-order valence-electron chi connectivity index (χ2n) is 3.07. The monoisotopic (exact) mass is 299 g/mol. The average molecular weight is 301 g/mol. The number of rotatable bonds is 2. The number of nitrogens with one attached hydrogen (secondary N) is 2. The van der Waals surface area contributed by atoms with Crippen LogP contribution >= 0.6 is 27.5 Å². The molecule has 6 heteroatoms. The number of amides is 1. The number of benzene rings is 1. The third kappa shape index (κ3) is 2.43. The molecule has 1 aromatic heterocycles. The Balaban J connectivity index is 2.21. The van der Waals surface area contributed by atoms with E-state index in [4.69, 9.17) is 11.6 Å². The van der Waals surface area contributed by atoms with Gasteiger partial charge >= 0.3 is 0 Å². The smallest absolute Gasteiger partial charge is 0.258 e. The predicted molar refractivity (Wildman–Crippen MR) is 65.7 cm³/mol. The molecule has 1 heterocycles. The number of H-pyrrole nitrogens is 1. The maximum atomic E-state index is 11.7. The Bertz CT molecular complexity index is 513. The molecule has 2 rings (SSSR count). The van der Waals surface area contributed by atoms with Gasteiger partial charge in [-0.25, -0.2) is 0 Å². The summed E-state index contributed by atoms with van der Waals surface area (Å²) in [6.45, 7) is 0. The van der Waals surface area contributed by atoms with Gasteiger partial charge in [-0.1, -0.05) is 11.6 Å². The molecule has 0 unspecified atom stereocenters. The second-order valence-corrected chi connectivity index (χ2v) is 4.36. The van der Waals surface area contributed by atoms with E-state index in [2.05, 4.69) is 31.4 Å². The first-order valence-electron chi connectivity index (χ1n) is 4.42. The Morgan fingerprint density at radius 1 is 1.50 bits per heavy atom. The summed E-state index contributed by atoms with van der Waals surface area (Å²) < 4.78 is 0.772. The quantitative estimate of drug-likeness (QED) is 0.895. The highest BCUT2D eigenvalue weighted by molar-refractivity contribution is 9.10. The van der Waals surface area contributed by atoms with E-state index >= 15 is 0 Å². The van der Waals surface area contributed by atoms with Crippen molar-refractivity contribution in [2.24, 2.45) is 0 Å². The van der Waals surface area contributed by atoms with Gasteiger partial charge in [0, 0.05) is 15.7 Å². The number of carbonyl (C=O) groups is 1. The molecule has 82 valence electrons. The minimum atomic E-state index is -0.239. The molecule has 0 atom stereocenters. The fraction of sp³-hybridized carbons (Fsp3) is 0. The number of aromatic nitrogens is 2. The van der Waals surface area contributed by atoms with Crippen LogP contribution < -0.4 is 5.32 Å². The molecular formula is C10H7BrClN3O. The summed E-state index contributed by atoms with van der Waals surface area (Å²) in [6.07, 6.45) is 2.97. The molecule has 0 aliphatic heterocycles. The van der Waals surface area contributed by atoms with Crippen molar-refractivity contribution in [2.75, 3.05) is 5.32 Å². The van der Waals surface area contributed by atoms with Gasteiger partial charge in [0.05, 0.1) is 17.4 Å². The van der Waals surface area contributed by atoms with Crippen LogP contribution in [0, 0.1) is 0 Å². The SMILES string of the molecule is O=C(Nc1cc(Cl)ccc1Br)c1cn[nH]c1. The fourth-order valence-electron chi connectivity index (χ4n) is 1.16. The number of aromatic amines is 1. The summed E-state index contributed by atoms with van der Waals surface area (Å²) in [5, 5.41) is 9.56. The molecule has 0 aliphatic rings. The van der Waals surface area contributed by atoms with Crippen molar-refractivity contribution in [2.45, 2.75) is 0 Å². The van der Waals surface area contributed by atoms with Gasteiger partial charge in [-0.2, -0.15) is 5.10 Å². The summed E-state index contributed by atoms with van der Waals surface area (Å²) in [6, 6.07) is 5.18. The lowest BCUT2D eigenvalue weighted by Crippen LogP contribution is -2.11. The minimum absolute atomic E-state index is 0.239. The van der Waals surface area contributed by atoms with E-state index < -0.39 is 0 Å². The van der Waals surface area contributed by atoms with Crippen molar-refractivity contribution in [1.29, 1.82) is 0 Å². The molecule has 16 heavy (non-hydrogen) atoms. The van der Waals surface area contributed by atoms with E-state index in [0.717, 1.165) is 4.47 Å². The van der Waals surface area contributed by atoms with Crippen LogP contribution in [0.4, 0.5) is 5.69 Å². The zero-order valence-corrected chi connectivity index (χ0v) is 10.3. The Morgan fingerprint density at radius 3 is 3.00 bits per heavy atom. The topological polar surface area (TPSA) is 57.8 Å². The van der Waals surface area contributed by atoms with E-state index in [9.17, 15) is 4.79 Å². The summed E-state index contributed by atoms with van der Waals surface area (Å²) >= 11 is 9.16. The lowest BCUT2D eigenvalue weighted by atomic mass is 10.3. The van der Waals surface area contributed by atoms with E-state index in [0.29, 0.717) is 16.3 Å². The maximum Gasteiger partial charge on any atom is 0.258 e. The van der Waals surface area contributed by atoms with Crippen molar-refractivity contribution in [3.05, 3.63) is 45.7 Å². The van der Waals surface area contributed by atoms with Gasteiger partial charge in [-0.3, -0.25) is 9.89 Å². The Kier molecular flexibility index (Phi) is 3.26. The van der Waals surface area contributed by atoms with Crippen LogP contribution in [0.3, 0.4) is 0 Å². The first kappa shape index (κ1) is 11.2. The van der Waals surface area contributed by atoms with Gasteiger partial charge in [0.2, 0.25) is 0 Å². The lowest BCUT2D eigenvalue weighted by Gasteiger charge is -2.06. The molecular weight excluding hydrogens is 293 g/mol. The molecule has 1 aromatic carbocycles. The predicted octanol–water partition coefficient (Wildman–Crippen LogP) is 3.08. The third-order valence-corrected chi connectivity index (χ3v) is 2.86. The Labute approximate surface area is 105 Å². The van der Waals surface area contributed by atoms with Gasteiger partial charge in [0.15, 0.2) is 0 Å². The van der Waals surface area contributed by atoms with Gasteiger partial charge in [0.1, 0.15) is 0 Å². The van der Waals surface area contributed by atoms with Crippen LogP contribution in [0.15, 0.2) is 35.1 Å². The second kappa shape index (κ2) is 4.67. The molecule has 0 bridgehead atoms. The average Bonchev–Trinajstić information content (AvgIpc) is 2.76. The molecule has 4 nitrogen and oxygen atoms in total. The van der Waals surface area contributed by atoms with Crippen molar-refractivity contribution in [3.8, 4) is 0 Å². The zero-order valence-electron chi connectivity index (χ0n) is 8.00. The van der Waals surface area contributed by atoms with Gasteiger partial charge < -0.3 is 5.32 Å². The molecule has 0 radical (unpaired) electrons. The first-order chi connectivity index (χ1) is 7.66. The summed E-state index contributed by atoms with van der Waals surface area (Å²) in [7, 11) is 0. The molecule has 0 saturated carbocycles. The number of carbonyl (C=O) groups excluding carboxylic acids is 1. The zero-order chi connectivity index (χ0) is 11.5. The van der Waals surface area contributed by atoms with Crippen LogP contribution in [-0.2, 0) is 0 Å². The molecule has 1 amide bonds. The maximum absolute atomic E-state index is 11.7. The summed E-state index contributed by atoms with van der Waals surface area (Å²) in [4.78, 5) is 11.7. The summed E-state index contributed by atoms with van der Waals surface area (Å²) in [5.74, 6) is -0.239. The molecule has 0 fully saturated rings. The number of anilines is 1. The fourth-order valence-corrected chi connectivity index (χ4v) is 1.68. The molecule has 0 saturated heterocycles. The third-order valence-electron chi connectivity index (χ3n) is 1.94. The first-order valence-corrected chi connectivity index (χ1v) is 5.59. The number of hydrogen-bond donors (Lipinski definition) is 2. The molecule has 2 aromatic rings. The number of hydrogen-bond acceptors (Lipinski definition) is 2. The number of nitrogens with zero attached hydrogens (tertiary/aromatic N) is 1. The highest BCUT2D eigenvalue weighted by atomic mass is 79.9. The van der Waals surface area contributed by atoms with Gasteiger partial charge in [0.25, 0.3) is 5.91 Å². The van der Waals surface area contributed by atoms with Gasteiger partial charge in [-0.15, -0.1) is 0 Å². The van der Waals surface area contributed by atoms with Crippen LogP contribution in [-0.4, -0.2) is 16.1 Å². The summed E-state index contributed by atoms with van der Waals surface area (Å²) in [5.41, 5.74) is 1.09. The standard InChI is InChI=1S/C10H7BrClN3O/c11-8-2-1-7(12)3-9(8)15-10(16)6-4-13-14-5-6/h1-5H,(H,13,14)(H,15,16). The van der Waals surface area contributed by atoms with Crippen LogP contribution in [0.5, 0.6) is 0 Å². The molecule has 2 N–H and O–H groups in total. The highest BCUT2D eigenvalue weighted by Crippen LogP contribution is 2.26. The van der Waals surface area contributed by atoms with Crippen molar-refractivity contribution in [1.82, 2.24) is 10.2 Å². The number of halogens is 2. The lowest BCUT2D eigenvalue weighted by molar-refractivity contribution is 0.102. The van der Waals surface area contributed by atoms with E-state index in [1.165, 1.54) is 12.4 Å². The minimum Gasteiger partial charge on any atom is -0.321 e. The Morgan fingerprint density at radius 2 is 2.31 bits per heavy atom. The van der Waals surface area contributed by atoms with E-state index in [1.54, 1.807) is 18.2 Å². The van der Waals surface area contributed by atoms with E-state index in [1.807, 2.05) is 0 Å².